The Bertz CT molecular complexity index is 566. The fourth-order valence-electron chi connectivity index (χ4n) is 2.33. The lowest BCUT2D eigenvalue weighted by Crippen LogP contribution is -2.58. The summed E-state index contributed by atoms with van der Waals surface area (Å²) < 4.78 is 0. The van der Waals surface area contributed by atoms with Gasteiger partial charge in [0.25, 0.3) is 0 Å². The SMILES string of the molecule is Cc1ccccc1CN1C(=O)NC(=O)C(C(C)C)C1=O. The van der Waals surface area contributed by atoms with Gasteiger partial charge in [0.1, 0.15) is 5.92 Å². The smallest absolute Gasteiger partial charge is 0.277 e. The van der Waals surface area contributed by atoms with Crippen LogP contribution in [0.1, 0.15) is 25.0 Å². The summed E-state index contributed by atoms with van der Waals surface area (Å²) in [6.07, 6.45) is 0. The van der Waals surface area contributed by atoms with Crippen LogP contribution < -0.4 is 5.32 Å². The number of aryl methyl sites for hydroxylation is 1. The molecule has 0 radical (unpaired) electrons. The molecule has 1 aliphatic rings. The zero-order valence-corrected chi connectivity index (χ0v) is 11.8. The molecule has 4 amide bonds. The molecule has 1 saturated heterocycles. The van der Waals surface area contributed by atoms with Gasteiger partial charge in [0, 0.05) is 0 Å². The molecule has 1 unspecified atom stereocenters. The predicted octanol–water partition coefficient (Wildman–Crippen LogP) is 1.85. The molecule has 1 fully saturated rings. The number of urea groups is 1. The van der Waals surface area contributed by atoms with Crippen LogP contribution in [0.15, 0.2) is 24.3 Å². The van der Waals surface area contributed by atoms with Gasteiger partial charge in [-0.15, -0.1) is 0 Å². The van der Waals surface area contributed by atoms with Gasteiger partial charge in [-0.3, -0.25) is 19.8 Å². The minimum absolute atomic E-state index is 0.144. The maximum atomic E-state index is 12.3. The second-order valence-corrected chi connectivity index (χ2v) is 5.37. The Hall–Kier alpha value is -2.17. The Labute approximate surface area is 118 Å². The summed E-state index contributed by atoms with van der Waals surface area (Å²) in [6.45, 7) is 5.70. The van der Waals surface area contributed by atoms with Crippen molar-refractivity contribution in [3.63, 3.8) is 0 Å². The Morgan fingerprint density at radius 1 is 1.20 bits per heavy atom. The van der Waals surface area contributed by atoms with Gasteiger partial charge in [0.15, 0.2) is 0 Å². The standard InChI is InChI=1S/C15H18N2O3/c1-9(2)12-13(18)16-15(20)17(14(12)19)8-11-7-5-4-6-10(11)3/h4-7,9,12H,8H2,1-3H3,(H,16,18,20). The first-order valence-corrected chi connectivity index (χ1v) is 6.62. The second kappa shape index (κ2) is 5.45. The Morgan fingerprint density at radius 3 is 2.45 bits per heavy atom. The van der Waals surface area contributed by atoms with Crippen molar-refractivity contribution >= 4 is 17.8 Å². The summed E-state index contributed by atoms with van der Waals surface area (Å²) in [5, 5.41) is 2.26. The van der Waals surface area contributed by atoms with Gasteiger partial charge >= 0.3 is 6.03 Å². The lowest BCUT2D eigenvalue weighted by atomic mass is 9.91. The minimum Gasteiger partial charge on any atom is -0.277 e. The van der Waals surface area contributed by atoms with E-state index in [1.165, 1.54) is 0 Å². The Kier molecular flexibility index (Phi) is 3.88. The molecule has 0 spiro atoms. The van der Waals surface area contributed by atoms with Crippen molar-refractivity contribution in [1.82, 2.24) is 10.2 Å². The number of amides is 4. The van der Waals surface area contributed by atoms with E-state index in [0.29, 0.717) is 0 Å². The lowest BCUT2D eigenvalue weighted by Gasteiger charge is -2.32. The maximum Gasteiger partial charge on any atom is 0.331 e. The second-order valence-electron chi connectivity index (χ2n) is 5.37. The number of benzene rings is 1. The van der Waals surface area contributed by atoms with Crippen LogP contribution in [0.4, 0.5) is 4.79 Å². The van der Waals surface area contributed by atoms with Gasteiger partial charge in [-0.1, -0.05) is 38.1 Å². The van der Waals surface area contributed by atoms with Crippen LogP contribution in [0.25, 0.3) is 0 Å². The van der Waals surface area contributed by atoms with Gasteiger partial charge in [-0.2, -0.15) is 0 Å². The summed E-state index contributed by atoms with van der Waals surface area (Å²) in [6, 6.07) is 6.92. The zero-order chi connectivity index (χ0) is 14.9. The summed E-state index contributed by atoms with van der Waals surface area (Å²) in [5.74, 6) is -1.86. The highest BCUT2D eigenvalue weighted by molar-refractivity contribution is 6.16. The van der Waals surface area contributed by atoms with E-state index in [0.717, 1.165) is 16.0 Å². The summed E-state index contributed by atoms with van der Waals surface area (Å²) in [4.78, 5) is 37.1. The van der Waals surface area contributed by atoms with Crippen molar-refractivity contribution in [1.29, 1.82) is 0 Å². The molecular formula is C15H18N2O3. The third-order valence-corrected chi connectivity index (χ3v) is 3.55. The molecule has 5 nitrogen and oxygen atoms in total. The lowest BCUT2D eigenvalue weighted by molar-refractivity contribution is -0.144. The van der Waals surface area contributed by atoms with Gasteiger partial charge in [0.05, 0.1) is 6.54 Å². The van der Waals surface area contributed by atoms with Crippen molar-refractivity contribution in [2.45, 2.75) is 27.3 Å². The van der Waals surface area contributed by atoms with Crippen LogP contribution in [0, 0.1) is 18.8 Å². The molecule has 1 atom stereocenters. The molecule has 0 aliphatic carbocycles. The zero-order valence-electron chi connectivity index (χ0n) is 11.8. The van der Waals surface area contributed by atoms with Gasteiger partial charge in [0.2, 0.25) is 11.8 Å². The van der Waals surface area contributed by atoms with Crippen LogP contribution in [-0.2, 0) is 16.1 Å². The van der Waals surface area contributed by atoms with Crippen molar-refractivity contribution in [3.05, 3.63) is 35.4 Å². The van der Waals surface area contributed by atoms with E-state index in [-0.39, 0.29) is 12.5 Å². The van der Waals surface area contributed by atoms with E-state index < -0.39 is 23.8 Å². The van der Waals surface area contributed by atoms with Crippen molar-refractivity contribution in [3.8, 4) is 0 Å². The number of carbonyl (C=O) groups is 3. The van der Waals surface area contributed by atoms with Crippen molar-refractivity contribution in [2.75, 3.05) is 0 Å². The number of nitrogens with one attached hydrogen (secondary N) is 1. The number of barbiturate groups is 1. The first-order chi connectivity index (χ1) is 9.41. The molecule has 0 saturated carbocycles. The molecule has 0 aromatic heterocycles. The molecule has 1 aliphatic heterocycles. The Morgan fingerprint density at radius 2 is 1.85 bits per heavy atom. The van der Waals surface area contributed by atoms with E-state index in [1.54, 1.807) is 13.8 Å². The fourth-order valence-corrected chi connectivity index (χ4v) is 2.33. The molecule has 0 bridgehead atoms. The third-order valence-electron chi connectivity index (χ3n) is 3.55. The van der Waals surface area contributed by atoms with Crippen LogP contribution >= 0.6 is 0 Å². The average molecular weight is 274 g/mol. The van der Waals surface area contributed by atoms with Gasteiger partial charge < -0.3 is 0 Å². The topological polar surface area (TPSA) is 66.5 Å². The molecule has 20 heavy (non-hydrogen) atoms. The number of nitrogens with zero attached hydrogens (tertiary/aromatic N) is 1. The van der Waals surface area contributed by atoms with Crippen LogP contribution in [-0.4, -0.2) is 22.7 Å². The van der Waals surface area contributed by atoms with Crippen LogP contribution in [0.5, 0.6) is 0 Å². The van der Waals surface area contributed by atoms with Crippen molar-refractivity contribution in [2.24, 2.45) is 11.8 Å². The van der Waals surface area contributed by atoms with E-state index in [9.17, 15) is 14.4 Å². The average Bonchev–Trinajstić information content (AvgIpc) is 2.35. The summed E-state index contributed by atoms with van der Waals surface area (Å²) in [5.41, 5.74) is 1.90. The molecule has 1 heterocycles. The molecular weight excluding hydrogens is 256 g/mol. The van der Waals surface area contributed by atoms with E-state index >= 15 is 0 Å². The molecule has 1 N–H and O–H groups in total. The molecule has 5 heteroatoms. The van der Waals surface area contributed by atoms with E-state index in [4.69, 9.17) is 0 Å². The minimum atomic E-state index is -0.795. The molecule has 1 aromatic carbocycles. The number of imide groups is 2. The quantitative estimate of drug-likeness (QED) is 0.855. The predicted molar refractivity (Wildman–Crippen MR) is 73.6 cm³/mol. The fraction of sp³-hybridized carbons (Fsp3) is 0.400. The van der Waals surface area contributed by atoms with Gasteiger partial charge in [-0.25, -0.2) is 4.79 Å². The molecule has 106 valence electrons. The first-order valence-electron chi connectivity index (χ1n) is 6.62. The summed E-state index contributed by atoms with van der Waals surface area (Å²) in [7, 11) is 0. The highest BCUT2D eigenvalue weighted by Crippen LogP contribution is 2.21. The highest BCUT2D eigenvalue weighted by Gasteiger charge is 2.41. The van der Waals surface area contributed by atoms with Gasteiger partial charge in [-0.05, 0) is 24.0 Å². The maximum absolute atomic E-state index is 12.3. The first kappa shape index (κ1) is 14.2. The summed E-state index contributed by atoms with van der Waals surface area (Å²) >= 11 is 0. The molecule has 1 aromatic rings. The van der Waals surface area contributed by atoms with E-state index in [1.807, 2.05) is 31.2 Å². The highest BCUT2D eigenvalue weighted by atomic mass is 16.2. The van der Waals surface area contributed by atoms with Crippen molar-refractivity contribution < 1.29 is 14.4 Å². The van der Waals surface area contributed by atoms with Crippen LogP contribution in [0.2, 0.25) is 0 Å². The normalized spacial score (nSPS) is 19.5. The number of hydrogen-bond acceptors (Lipinski definition) is 3. The van der Waals surface area contributed by atoms with E-state index in [2.05, 4.69) is 5.32 Å². The monoisotopic (exact) mass is 274 g/mol. The number of hydrogen-bond donors (Lipinski definition) is 1. The van der Waals surface area contributed by atoms with Crippen LogP contribution in [0.3, 0.4) is 0 Å². The molecule has 2 rings (SSSR count). The number of carbonyl (C=O) groups excluding carboxylic acids is 3. The largest absolute Gasteiger partial charge is 0.331 e. The Balaban J connectivity index is 2.26. The number of rotatable bonds is 3. The third kappa shape index (κ3) is 2.57.